The van der Waals surface area contributed by atoms with Crippen molar-refractivity contribution < 1.29 is 23.8 Å². The average molecular weight is 466 g/mol. The minimum Gasteiger partial charge on any atom is -0.495 e. The molecule has 8 heteroatoms. The summed E-state index contributed by atoms with van der Waals surface area (Å²) in [5.41, 5.74) is 3.25. The number of furan rings is 1. The number of rotatable bonds is 11. The van der Waals surface area contributed by atoms with Crippen LogP contribution in [0.4, 0.5) is 5.69 Å². The largest absolute Gasteiger partial charge is 0.495 e. The third-order valence-corrected chi connectivity index (χ3v) is 5.38. The van der Waals surface area contributed by atoms with Gasteiger partial charge in [0, 0.05) is 35.1 Å². The van der Waals surface area contributed by atoms with Crippen molar-refractivity contribution >= 4 is 17.6 Å². The molecule has 0 bridgehead atoms. The van der Waals surface area contributed by atoms with Gasteiger partial charge in [-0.05, 0) is 55.7 Å². The smallest absolute Gasteiger partial charge is 0.305 e. The van der Waals surface area contributed by atoms with Gasteiger partial charge in [0.15, 0.2) is 0 Å². The summed E-state index contributed by atoms with van der Waals surface area (Å²) in [5.74, 6) is 1.41. The number of nitrogens with zero attached hydrogens (tertiary/aromatic N) is 1. The maximum atomic E-state index is 12.2. The number of methoxy groups -OCH3 is 1. The molecule has 2 aromatic heterocycles. The number of aryl methyl sites for hydroxylation is 1. The molecule has 2 heterocycles. The number of carboxylic acids is 1. The quantitative estimate of drug-likeness (QED) is 0.363. The molecule has 0 aliphatic rings. The molecule has 3 rings (SSSR count). The summed E-state index contributed by atoms with van der Waals surface area (Å²) in [6, 6.07) is 11.1. The molecule has 1 aromatic carbocycles. The van der Waals surface area contributed by atoms with Crippen LogP contribution in [0.15, 0.2) is 53.2 Å². The van der Waals surface area contributed by atoms with Crippen LogP contribution < -0.4 is 15.4 Å². The molecular weight excluding hydrogens is 434 g/mol. The third kappa shape index (κ3) is 6.60. The third-order valence-electron chi connectivity index (χ3n) is 5.38. The number of anilines is 1. The van der Waals surface area contributed by atoms with E-state index >= 15 is 0 Å². The lowest BCUT2D eigenvalue weighted by Crippen LogP contribution is -2.25. The zero-order valence-electron chi connectivity index (χ0n) is 19.9. The topological polar surface area (TPSA) is 114 Å². The molecule has 0 spiro atoms. The molecule has 3 aromatic rings. The van der Waals surface area contributed by atoms with Gasteiger partial charge in [-0.3, -0.25) is 14.6 Å². The molecule has 1 atom stereocenters. The molecular formula is C26H31N3O5. The fourth-order valence-corrected chi connectivity index (χ4v) is 3.69. The number of carbonyl (C=O) groups is 2. The minimum atomic E-state index is -0.948. The fourth-order valence-electron chi connectivity index (χ4n) is 3.69. The number of hydrogen-bond acceptors (Lipinski definition) is 6. The standard InChI is InChI=1S/C26H31N3O5/c1-16(2)11-23(22-13-24(34-17(22)3)19-12-21(33-4)15-27-14-19)29-20-7-5-18(6-8-20)26(32)28-10-9-25(30)31/h5-8,12-16,23,29H,9-11H2,1-4H3,(H,28,32)(H,30,31). The summed E-state index contributed by atoms with van der Waals surface area (Å²) >= 11 is 0. The highest BCUT2D eigenvalue weighted by Crippen LogP contribution is 2.34. The van der Waals surface area contributed by atoms with Gasteiger partial charge in [-0.25, -0.2) is 0 Å². The predicted octanol–water partition coefficient (Wildman–Crippen LogP) is 5.06. The molecule has 1 amide bonds. The highest BCUT2D eigenvalue weighted by atomic mass is 16.5. The van der Waals surface area contributed by atoms with Gasteiger partial charge in [-0.1, -0.05) is 13.8 Å². The second kappa shape index (κ2) is 11.4. The number of hydrogen-bond donors (Lipinski definition) is 3. The van der Waals surface area contributed by atoms with Crippen LogP contribution in [0.2, 0.25) is 0 Å². The van der Waals surface area contributed by atoms with E-state index in [1.807, 2.05) is 31.2 Å². The van der Waals surface area contributed by atoms with E-state index in [4.69, 9.17) is 14.3 Å². The molecule has 1 unspecified atom stereocenters. The highest BCUT2D eigenvalue weighted by molar-refractivity contribution is 5.94. The molecule has 0 saturated carbocycles. The fraction of sp³-hybridized carbons (Fsp3) is 0.346. The van der Waals surface area contributed by atoms with Gasteiger partial charge in [-0.15, -0.1) is 0 Å². The van der Waals surface area contributed by atoms with Crippen LogP contribution in [0.3, 0.4) is 0 Å². The Balaban J connectivity index is 1.77. The lowest BCUT2D eigenvalue weighted by atomic mass is 9.96. The van der Waals surface area contributed by atoms with Crippen molar-refractivity contribution in [2.75, 3.05) is 19.0 Å². The van der Waals surface area contributed by atoms with Crippen LogP contribution in [-0.4, -0.2) is 35.6 Å². The monoisotopic (exact) mass is 465 g/mol. The SMILES string of the molecule is COc1cncc(-c2cc(C(CC(C)C)Nc3ccc(C(=O)NCCC(=O)O)cc3)c(C)o2)c1. The number of aliphatic carboxylic acids is 1. The number of aromatic nitrogens is 1. The molecule has 0 radical (unpaired) electrons. The molecule has 8 nitrogen and oxygen atoms in total. The molecule has 0 aliphatic carbocycles. The van der Waals surface area contributed by atoms with Crippen molar-refractivity contribution in [2.45, 2.75) is 39.7 Å². The van der Waals surface area contributed by atoms with Crippen molar-refractivity contribution in [3.63, 3.8) is 0 Å². The zero-order chi connectivity index (χ0) is 24.7. The minimum absolute atomic E-state index is 0.00584. The summed E-state index contributed by atoms with van der Waals surface area (Å²) in [4.78, 5) is 27.0. The normalized spacial score (nSPS) is 11.8. The van der Waals surface area contributed by atoms with E-state index in [2.05, 4.69) is 29.5 Å². The molecule has 0 aliphatic heterocycles. The van der Waals surface area contributed by atoms with Gasteiger partial charge in [0.2, 0.25) is 0 Å². The van der Waals surface area contributed by atoms with E-state index in [1.165, 1.54) is 0 Å². The molecule has 3 N–H and O–H groups in total. The van der Waals surface area contributed by atoms with E-state index < -0.39 is 5.97 Å². The molecule has 34 heavy (non-hydrogen) atoms. The Morgan fingerprint density at radius 3 is 2.53 bits per heavy atom. The van der Waals surface area contributed by atoms with Crippen LogP contribution in [-0.2, 0) is 4.79 Å². The summed E-state index contributed by atoms with van der Waals surface area (Å²) in [6.07, 6.45) is 4.17. The first-order valence-electron chi connectivity index (χ1n) is 11.2. The Morgan fingerprint density at radius 2 is 1.88 bits per heavy atom. The number of carbonyl (C=O) groups excluding carboxylic acids is 1. The van der Waals surface area contributed by atoms with E-state index in [0.29, 0.717) is 17.2 Å². The number of carboxylic acid groups (broad SMARTS) is 1. The maximum Gasteiger partial charge on any atom is 0.305 e. The van der Waals surface area contributed by atoms with Gasteiger partial charge in [0.25, 0.3) is 5.91 Å². The first kappa shape index (κ1) is 24.8. The van der Waals surface area contributed by atoms with Crippen molar-refractivity contribution in [3.8, 4) is 17.1 Å². The van der Waals surface area contributed by atoms with Gasteiger partial charge >= 0.3 is 5.97 Å². The Morgan fingerprint density at radius 1 is 1.15 bits per heavy atom. The van der Waals surface area contributed by atoms with Crippen molar-refractivity contribution in [1.82, 2.24) is 10.3 Å². The van der Waals surface area contributed by atoms with Crippen LogP contribution >= 0.6 is 0 Å². The van der Waals surface area contributed by atoms with Gasteiger partial charge in [-0.2, -0.15) is 0 Å². The van der Waals surface area contributed by atoms with Crippen LogP contribution in [0.5, 0.6) is 5.75 Å². The Kier molecular flexibility index (Phi) is 8.29. The summed E-state index contributed by atoms with van der Waals surface area (Å²) in [6.45, 7) is 6.38. The van der Waals surface area contributed by atoms with Gasteiger partial charge < -0.3 is 24.9 Å². The van der Waals surface area contributed by atoms with Crippen LogP contribution in [0.25, 0.3) is 11.3 Å². The van der Waals surface area contributed by atoms with Gasteiger partial charge in [0.05, 0.1) is 25.8 Å². The van der Waals surface area contributed by atoms with E-state index in [-0.39, 0.29) is 24.9 Å². The Bertz CT molecular complexity index is 1120. The van der Waals surface area contributed by atoms with Crippen molar-refractivity contribution in [2.24, 2.45) is 5.92 Å². The Hall–Kier alpha value is -3.81. The number of amides is 1. The highest BCUT2D eigenvalue weighted by Gasteiger charge is 2.21. The number of ether oxygens (including phenoxy) is 1. The average Bonchev–Trinajstić information content (AvgIpc) is 3.20. The molecule has 0 fully saturated rings. The van der Waals surface area contributed by atoms with E-state index in [9.17, 15) is 9.59 Å². The first-order valence-corrected chi connectivity index (χ1v) is 11.2. The lowest BCUT2D eigenvalue weighted by Gasteiger charge is -2.21. The Labute approximate surface area is 199 Å². The number of benzene rings is 1. The second-order valence-electron chi connectivity index (χ2n) is 8.54. The summed E-state index contributed by atoms with van der Waals surface area (Å²) in [5, 5.41) is 14.9. The van der Waals surface area contributed by atoms with E-state index in [1.54, 1.807) is 31.6 Å². The summed E-state index contributed by atoms with van der Waals surface area (Å²) in [7, 11) is 1.60. The summed E-state index contributed by atoms with van der Waals surface area (Å²) < 4.78 is 11.4. The predicted molar refractivity (Wildman–Crippen MR) is 130 cm³/mol. The van der Waals surface area contributed by atoms with Crippen LogP contribution in [0, 0.1) is 12.8 Å². The maximum absolute atomic E-state index is 12.2. The molecule has 0 saturated heterocycles. The second-order valence-corrected chi connectivity index (χ2v) is 8.54. The van der Waals surface area contributed by atoms with Crippen molar-refractivity contribution in [1.29, 1.82) is 0 Å². The van der Waals surface area contributed by atoms with E-state index in [0.717, 1.165) is 34.8 Å². The number of nitrogens with one attached hydrogen (secondary N) is 2. The van der Waals surface area contributed by atoms with Gasteiger partial charge in [0.1, 0.15) is 17.3 Å². The van der Waals surface area contributed by atoms with Crippen molar-refractivity contribution in [3.05, 3.63) is 65.7 Å². The van der Waals surface area contributed by atoms with Crippen LogP contribution in [0.1, 0.15) is 54.4 Å². The lowest BCUT2D eigenvalue weighted by molar-refractivity contribution is -0.136. The zero-order valence-corrected chi connectivity index (χ0v) is 19.9. The molecule has 180 valence electrons. The first-order chi connectivity index (χ1) is 16.3. The number of pyridine rings is 1.